The Balaban J connectivity index is 1.07. The first-order chi connectivity index (χ1) is 31.3. The van der Waals surface area contributed by atoms with Crippen LogP contribution in [0.25, 0.3) is 104 Å². The van der Waals surface area contributed by atoms with E-state index in [4.69, 9.17) is 4.42 Å². The van der Waals surface area contributed by atoms with E-state index in [-0.39, 0.29) is 0 Å². The smallest absolute Gasteiger partial charge is 0.136 e. The number of furan rings is 1. The molecule has 0 spiro atoms. The van der Waals surface area contributed by atoms with Crippen molar-refractivity contribution in [1.82, 2.24) is 4.57 Å². The van der Waals surface area contributed by atoms with E-state index in [1.54, 1.807) is 0 Å². The first kappa shape index (κ1) is 35.4. The van der Waals surface area contributed by atoms with Gasteiger partial charge >= 0.3 is 0 Å². The molecule has 0 aliphatic heterocycles. The van der Waals surface area contributed by atoms with Gasteiger partial charge in [-0.3, -0.25) is 0 Å². The minimum atomic E-state index is 0.872. The first-order valence-corrected chi connectivity index (χ1v) is 21.6. The van der Waals surface area contributed by atoms with Gasteiger partial charge in [0.2, 0.25) is 0 Å². The Kier molecular flexibility index (Phi) is 7.91. The predicted molar refractivity (Wildman–Crippen MR) is 266 cm³/mol. The summed E-state index contributed by atoms with van der Waals surface area (Å²) in [4.78, 5) is 2.45. The molecule has 0 saturated carbocycles. The average Bonchev–Trinajstić information content (AvgIpc) is 3.89. The summed E-state index contributed by atoms with van der Waals surface area (Å²) < 4.78 is 9.07. The van der Waals surface area contributed by atoms with E-state index >= 15 is 0 Å². The number of benzene rings is 11. The highest BCUT2D eigenvalue weighted by molar-refractivity contribution is 6.17. The lowest BCUT2D eigenvalue weighted by molar-refractivity contribution is 0.669. The number of anilines is 3. The summed E-state index contributed by atoms with van der Waals surface area (Å²) in [6, 6.07) is 83.6. The second-order valence-electron chi connectivity index (χ2n) is 16.4. The van der Waals surface area contributed by atoms with Gasteiger partial charge in [-0.25, -0.2) is 0 Å². The highest BCUT2D eigenvalue weighted by Gasteiger charge is 2.24. The van der Waals surface area contributed by atoms with E-state index in [0.717, 1.165) is 55.8 Å². The number of fused-ring (bicyclic) bond motifs is 10. The molecule has 0 fully saturated rings. The molecule has 0 aliphatic rings. The molecule has 2 aromatic heterocycles. The number of hydrogen-bond acceptors (Lipinski definition) is 2. The molecule has 11 aromatic carbocycles. The van der Waals surface area contributed by atoms with Gasteiger partial charge < -0.3 is 13.9 Å². The Hall–Kier alpha value is -8.40. The topological polar surface area (TPSA) is 21.3 Å². The fourth-order valence-corrected chi connectivity index (χ4v) is 10.1. The molecule has 13 rings (SSSR count). The van der Waals surface area contributed by atoms with Crippen molar-refractivity contribution in [2.45, 2.75) is 0 Å². The van der Waals surface area contributed by atoms with Crippen LogP contribution >= 0.6 is 0 Å². The maximum absolute atomic E-state index is 6.64. The van der Waals surface area contributed by atoms with Gasteiger partial charge in [-0.1, -0.05) is 164 Å². The van der Waals surface area contributed by atoms with Crippen molar-refractivity contribution >= 4 is 93.1 Å². The van der Waals surface area contributed by atoms with E-state index in [0.29, 0.717) is 0 Å². The number of aromatic nitrogens is 1. The zero-order chi connectivity index (χ0) is 41.4. The zero-order valence-electron chi connectivity index (χ0n) is 34.2. The van der Waals surface area contributed by atoms with Crippen LogP contribution in [0, 0.1) is 0 Å². The molecule has 0 amide bonds. The highest BCUT2D eigenvalue weighted by atomic mass is 16.3. The maximum Gasteiger partial charge on any atom is 0.136 e. The van der Waals surface area contributed by atoms with Crippen LogP contribution in [-0.4, -0.2) is 4.57 Å². The molecular weight excluding hydrogens is 765 g/mol. The molecule has 0 saturated heterocycles. The van der Waals surface area contributed by atoms with Crippen molar-refractivity contribution in [1.29, 1.82) is 0 Å². The van der Waals surface area contributed by atoms with E-state index in [1.165, 1.54) is 65.3 Å². The second kappa shape index (κ2) is 14.1. The van der Waals surface area contributed by atoms with E-state index in [1.807, 2.05) is 0 Å². The lowest BCUT2D eigenvalue weighted by Crippen LogP contribution is -2.14. The van der Waals surface area contributed by atoms with Gasteiger partial charge in [-0.15, -0.1) is 0 Å². The first-order valence-electron chi connectivity index (χ1n) is 21.6. The van der Waals surface area contributed by atoms with E-state index < -0.39 is 0 Å². The third kappa shape index (κ3) is 5.53. The minimum Gasteiger partial charge on any atom is -0.456 e. The molecule has 0 N–H and O–H groups in total. The van der Waals surface area contributed by atoms with Gasteiger partial charge in [0.15, 0.2) is 0 Å². The Morgan fingerprint density at radius 1 is 0.333 bits per heavy atom. The maximum atomic E-state index is 6.64. The number of rotatable bonds is 6. The summed E-state index contributed by atoms with van der Waals surface area (Å²) in [5.74, 6) is 0. The average molecular weight is 803 g/mol. The molecule has 2 heterocycles. The highest BCUT2D eigenvalue weighted by Crippen LogP contribution is 2.48. The van der Waals surface area contributed by atoms with Crippen molar-refractivity contribution in [2.24, 2.45) is 0 Å². The van der Waals surface area contributed by atoms with Gasteiger partial charge in [0.25, 0.3) is 0 Å². The fourth-order valence-electron chi connectivity index (χ4n) is 10.1. The summed E-state index contributed by atoms with van der Waals surface area (Å²) in [7, 11) is 0. The van der Waals surface area contributed by atoms with Crippen LogP contribution in [-0.2, 0) is 0 Å². The van der Waals surface area contributed by atoms with Crippen LogP contribution < -0.4 is 4.90 Å². The standard InChI is InChI=1S/C60H38N2O/c1-2-17-41-38-59-52(36-40(41)16-1)60-50(25-15-31-58(60)63-59)49-24-9-10-26-53(49)61(56-29-13-14-30-57(56)62-54-27-11-7-22-47(54)48-23-8-12-28-55(48)62)43-34-32-39(33-35-43)51-37-42-18-3-4-19-44(42)45-20-5-6-21-46(45)51/h1-38H. The second-order valence-corrected chi connectivity index (χ2v) is 16.4. The van der Waals surface area contributed by atoms with Crippen LogP contribution in [0.2, 0.25) is 0 Å². The van der Waals surface area contributed by atoms with Crippen molar-refractivity contribution in [3.8, 4) is 27.9 Å². The Labute approximate surface area is 363 Å². The minimum absolute atomic E-state index is 0.872. The summed E-state index contributed by atoms with van der Waals surface area (Å²) in [6.07, 6.45) is 0. The number of hydrogen-bond donors (Lipinski definition) is 0. The molecular formula is C60H38N2O. The third-order valence-corrected chi connectivity index (χ3v) is 12.9. The molecule has 0 radical (unpaired) electrons. The van der Waals surface area contributed by atoms with E-state index in [9.17, 15) is 0 Å². The van der Waals surface area contributed by atoms with Crippen LogP contribution in [0.5, 0.6) is 0 Å². The van der Waals surface area contributed by atoms with Crippen LogP contribution in [0.4, 0.5) is 17.1 Å². The number of para-hydroxylation sites is 5. The largest absolute Gasteiger partial charge is 0.456 e. The van der Waals surface area contributed by atoms with Crippen LogP contribution in [0.3, 0.4) is 0 Å². The molecule has 0 unspecified atom stereocenters. The predicted octanol–water partition coefficient (Wildman–Crippen LogP) is 16.9. The molecule has 63 heavy (non-hydrogen) atoms. The summed E-state index contributed by atoms with van der Waals surface area (Å²) in [6.45, 7) is 0. The Morgan fingerprint density at radius 2 is 0.905 bits per heavy atom. The fraction of sp³-hybridized carbons (Fsp3) is 0. The van der Waals surface area contributed by atoms with Crippen molar-refractivity contribution < 1.29 is 4.42 Å². The summed E-state index contributed by atoms with van der Waals surface area (Å²) in [5, 5.41) is 12.1. The molecule has 3 heteroatoms. The van der Waals surface area contributed by atoms with Crippen LogP contribution in [0.1, 0.15) is 0 Å². The van der Waals surface area contributed by atoms with Crippen LogP contribution in [0.15, 0.2) is 235 Å². The zero-order valence-corrected chi connectivity index (χ0v) is 34.2. The van der Waals surface area contributed by atoms with Gasteiger partial charge in [0.05, 0.1) is 28.1 Å². The third-order valence-electron chi connectivity index (χ3n) is 12.9. The number of nitrogens with zero attached hydrogens (tertiary/aromatic N) is 2. The van der Waals surface area contributed by atoms with Crippen molar-refractivity contribution in [3.63, 3.8) is 0 Å². The van der Waals surface area contributed by atoms with Crippen molar-refractivity contribution in [3.05, 3.63) is 231 Å². The van der Waals surface area contributed by atoms with Gasteiger partial charge in [-0.2, -0.15) is 0 Å². The van der Waals surface area contributed by atoms with Crippen molar-refractivity contribution in [2.75, 3.05) is 4.90 Å². The van der Waals surface area contributed by atoms with Gasteiger partial charge in [0, 0.05) is 32.8 Å². The quantitative estimate of drug-likeness (QED) is 0.156. The molecule has 3 nitrogen and oxygen atoms in total. The summed E-state index contributed by atoms with van der Waals surface area (Å²) >= 11 is 0. The Bertz CT molecular complexity index is 3870. The van der Waals surface area contributed by atoms with Gasteiger partial charge in [-0.05, 0) is 116 Å². The van der Waals surface area contributed by atoms with Gasteiger partial charge in [0.1, 0.15) is 11.2 Å². The molecule has 0 bridgehead atoms. The van der Waals surface area contributed by atoms with E-state index in [2.05, 4.69) is 240 Å². The summed E-state index contributed by atoms with van der Waals surface area (Å²) in [5.41, 5.74) is 13.0. The normalized spacial score (nSPS) is 11.8. The molecule has 294 valence electrons. The molecule has 13 aromatic rings. The molecule has 0 aliphatic carbocycles. The Morgan fingerprint density at radius 3 is 1.67 bits per heavy atom. The SMILES string of the molecule is c1ccc(N(c2ccc(-c3cc4ccccc4c4ccccc34)cc2)c2ccccc2-n2c3ccccc3c3ccccc32)c(-c2cccc3oc4cc5ccccc5cc4c23)c1. The lowest BCUT2D eigenvalue weighted by atomic mass is 9.93. The molecule has 0 atom stereocenters. The monoisotopic (exact) mass is 802 g/mol. The lowest BCUT2D eigenvalue weighted by Gasteiger charge is -2.30.